The molecule has 1 aliphatic carbocycles. The summed E-state index contributed by atoms with van der Waals surface area (Å²) < 4.78 is 2.42. The van der Waals surface area contributed by atoms with Crippen LogP contribution in [-0.2, 0) is 0 Å². The van der Waals surface area contributed by atoms with Crippen molar-refractivity contribution in [2.45, 2.75) is 0 Å². The Morgan fingerprint density at radius 3 is 1.93 bits per heavy atom. The first-order valence-corrected chi connectivity index (χ1v) is 19.3. The minimum absolute atomic E-state index is 1.12. The van der Waals surface area contributed by atoms with E-state index in [1.54, 1.807) is 0 Å². The third-order valence-corrected chi connectivity index (χ3v) is 11.8. The lowest BCUT2D eigenvalue weighted by atomic mass is 9.94. The molecule has 0 unspecified atom stereocenters. The van der Waals surface area contributed by atoms with Gasteiger partial charge in [0.25, 0.3) is 0 Å². The molecule has 1 aliphatic rings. The van der Waals surface area contributed by atoms with Gasteiger partial charge in [-0.15, -0.1) is 0 Å². The summed E-state index contributed by atoms with van der Waals surface area (Å²) in [5, 5.41) is 10.1. The molecule has 11 aromatic rings. The minimum Gasteiger partial charge on any atom is -0.310 e. The number of rotatable bonds is 5. The molecule has 0 saturated carbocycles. The molecule has 1 heterocycles. The number of hydrogen-bond donors (Lipinski definition) is 0. The highest BCUT2D eigenvalue weighted by atomic mass is 15.1. The van der Waals surface area contributed by atoms with Crippen LogP contribution < -0.4 is 4.90 Å². The van der Waals surface area contributed by atoms with Crippen molar-refractivity contribution in [3.05, 3.63) is 206 Å². The van der Waals surface area contributed by atoms with E-state index in [0.29, 0.717) is 0 Å². The van der Waals surface area contributed by atoms with Gasteiger partial charge in [0.2, 0.25) is 0 Å². The van der Waals surface area contributed by atoms with E-state index in [0.717, 1.165) is 17.1 Å². The van der Waals surface area contributed by atoms with Gasteiger partial charge in [0.15, 0.2) is 0 Å². The molecule has 12 rings (SSSR count). The lowest BCUT2D eigenvalue weighted by Gasteiger charge is -2.29. The van der Waals surface area contributed by atoms with Gasteiger partial charge in [-0.1, -0.05) is 146 Å². The Bertz CT molecular complexity index is 3370. The van der Waals surface area contributed by atoms with Gasteiger partial charge in [-0.25, -0.2) is 0 Å². The molecule has 2 heteroatoms. The van der Waals surface area contributed by atoms with Crippen LogP contribution in [0.5, 0.6) is 0 Å². The fraction of sp³-hybridized carbons (Fsp3) is 0. The number of benzene rings is 10. The molecule has 0 spiro atoms. The molecule has 0 atom stereocenters. The molecule has 1 aromatic heterocycles. The van der Waals surface area contributed by atoms with Gasteiger partial charge in [0.05, 0.1) is 16.7 Å². The Balaban J connectivity index is 1.14. The summed E-state index contributed by atoms with van der Waals surface area (Å²) in [4.78, 5) is 2.49. The molecule has 2 nitrogen and oxygen atoms in total. The average molecular weight is 711 g/mol. The molecule has 0 saturated heterocycles. The summed E-state index contributed by atoms with van der Waals surface area (Å²) >= 11 is 0. The van der Waals surface area contributed by atoms with E-state index in [2.05, 4.69) is 216 Å². The Kier molecular flexibility index (Phi) is 6.66. The predicted molar refractivity (Wildman–Crippen MR) is 238 cm³/mol. The van der Waals surface area contributed by atoms with Crippen LogP contribution in [0, 0.1) is 0 Å². The van der Waals surface area contributed by atoms with Crippen LogP contribution in [0.3, 0.4) is 0 Å². The smallest absolute Gasteiger partial charge is 0.0546 e. The molecule has 0 bridgehead atoms. The van der Waals surface area contributed by atoms with Crippen molar-refractivity contribution in [2.24, 2.45) is 0 Å². The Labute approximate surface area is 324 Å². The third kappa shape index (κ3) is 4.57. The standard InChI is InChI=1S/C54H34N2/c1-2-13-35(14-3-1)38-18-10-20-41(32-38)55(51-26-12-24-47-46-23-11-19-40-31-39-17-6-7-21-44(39)54(52(40)46)53(47)51)43-29-30-50-48(34-43)45-22-8-9-25-49(45)56(50)42-28-27-36-15-4-5-16-37(36)33-42/h1-34H. The summed E-state index contributed by atoms with van der Waals surface area (Å²) in [6.07, 6.45) is 0. The molecule has 0 amide bonds. The van der Waals surface area contributed by atoms with Crippen LogP contribution in [0.1, 0.15) is 0 Å². The molecule has 0 aliphatic heterocycles. The summed E-state index contributed by atoms with van der Waals surface area (Å²) in [6.45, 7) is 0. The maximum atomic E-state index is 2.49. The zero-order valence-electron chi connectivity index (χ0n) is 30.5. The van der Waals surface area contributed by atoms with Crippen molar-refractivity contribution in [2.75, 3.05) is 4.90 Å². The molecule has 10 aromatic carbocycles. The fourth-order valence-corrected chi connectivity index (χ4v) is 9.40. The number of aromatic nitrogens is 1. The van der Waals surface area contributed by atoms with Crippen LogP contribution >= 0.6 is 0 Å². The highest BCUT2D eigenvalue weighted by Crippen LogP contribution is 2.56. The van der Waals surface area contributed by atoms with Gasteiger partial charge in [0, 0.05) is 39.0 Å². The van der Waals surface area contributed by atoms with E-state index < -0.39 is 0 Å². The summed E-state index contributed by atoms with van der Waals surface area (Å²) in [5.41, 5.74) is 14.5. The largest absolute Gasteiger partial charge is 0.310 e. The molecule has 0 radical (unpaired) electrons. The molecule has 0 fully saturated rings. The number of fused-ring (bicyclic) bond motifs is 9. The minimum atomic E-state index is 1.12. The predicted octanol–water partition coefficient (Wildman–Crippen LogP) is 15.0. The topological polar surface area (TPSA) is 8.17 Å². The maximum absolute atomic E-state index is 2.49. The normalized spacial score (nSPS) is 11.9. The second kappa shape index (κ2) is 12.0. The highest BCUT2D eigenvalue weighted by Gasteiger charge is 2.29. The van der Waals surface area contributed by atoms with Crippen LogP contribution in [0.25, 0.3) is 93.2 Å². The maximum Gasteiger partial charge on any atom is 0.0546 e. The van der Waals surface area contributed by atoms with Crippen molar-refractivity contribution in [3.63, 3.8) is 0 Å². The van der Waals surface area contributed by atoms with Crippen LogP contribution in [0.4, 0.5) is 17.1 Å². The molecule has 56 heavy (non-hydrogen) atoms. The van der Waals surface area contributed by atoms with Crippen LogP contribution in [0.2, 0.25) is 0 Å². The van der Waals surface area contributed by atoms with Gasteiger partial charge < -0.3 is 9.47 Å². The lowest BCUT2D eigenvalue weighted by molar-refractivity contribution is 1.18. The average Bonchev–Trinajstić information content (AvgIpc) is 3.78. The number of para-hydroxylation sites is 1. The van der Waals surface area contributed by atoms with Crippen LogP contribution in [0.15, 0.2) is 206 Å². The third-order valence-electron chi connectivity index (χ3n) is 11.8. The Morgan fingerprint density at radius 1 is 0.339 bits per heavy atom. The van der Waals surface area contributed by atoms with Crippen LogP contribution in [-0.4, -0.2) is 4.57 Å². The molecule has 0 N–H and O–H groups in total. The lowest BCUT2D eigenvalue weighted by Crippen LogP contribution is -2.11. The van der Waals surface area contributed by atoms with Crippen molar-refractivity contribution >= 4 is 71.2 Å². The molecule has 260 valence electrons. The Hall–Kier alpha value is -7.42. The first kappa shape index (κ1) is 31.0. The quantitative estimate of drug-likeness (QED) is 0.161. The number of anilines is 3. The molecular weight excluding hydrogens is 677 g/mol. The van der Waals surface area contributed by atoms with E-state index in [4.69, 9.17) is 0 Å². The second-order valence-electron chi connectivity index (χ2n) is 14.9. The second-order valence-corrected chi connectivity index (χ2v) is 14.9. The van der Waals surface area contributed by atoms with Crippen molar-refractivity contribution < 1.29 is 0 Å². The highest BCUT2D eigenvalue weighted by molar-refractivity contribution is 6.26. The van der Waals surface area contributed by atoms with E-state index in [9.17, 15) is 0 Å². The van der Waals surface area contributed by atoms with E-state index in [1.807, 2.05) is 0 Å². The van der Waals surface area contributed by atoms with E-state index in [-0.39, 0.29) is 0 Å². The number of hydrogen-bond acceptors (Lipinski definition) is 1. The summed E-state index contributed by atoms with van der Waals surface area (Å²) in [5.74, 6) is 0. The fourth-order valence-electron chi connectivity index (χ4n) is 9.40. The Morgan fingerprint density at radius 2 is 1.02 bits per heavy atom. The molecular formula is C54H34N2. The van der Waals surface area contributed by atoms with Crippen molar-refractivity contribution in [1.82, 2.24) is 4.57 Å². The monoisotopic (exact) mass is 710 g/mol. The van der Waals surface area contributed by atoms with E-state index >= 15 is 0 Å². The van der Waals surface area contributed by atoms with Gasteiger partial charge in [0.1, 0.15) is 0 Å². The first-order valence-electron chi connectivity index (χ1n) is 19.3. The number of nitrogens with zero attached hydrogens (tertiary/aromatic N) is 2. The zero-order chi connectivity index (χ0) is 36.7. The SMILES string of the molecule is c1ccc(-c2cccc(N(c3ccc4c(c3)c3ccccc3n4-c3ccc4ccccc4c3)c3cccc4c3-c3c5ccccc5cc5cccc-4c35)c2)cc1. The van der Waals surface area contributed by atoms with E-state index in [1.165, 1.54) is 93.2 Å². The van der Waals surface area contributed by atoms with Gasteiger partial charge in [-0.05, 0) is 115 Å². The summed E-state index contributed by atoms with van der Waals surface area (Å²) in [7, 11) is 0. The first-order chi connectivity index (χ1) is 27.8. The zero-order valence-corrected chi connectivity index (χ0v) is 30.5. The van der Waals surface area contributed by atoms with Crippen molar-refractivity contribution in [1.29, 1.82) is 0 Å². The van der Waals surface area contributed by atoms with Gasteiger partial charge in [-0.3, -0.25) is 0 Å². The van der Waals surface area contributed by atoms with Gasteiger partial charge >= 0.3 is 0 Å². The van der Waals surface area contributed by atoms with Gasteiger partial charge in [-0.2, -0.15) is 0 Å². The summed E-state index contributed by atoms with van der Waals surface area (Å²) in [6, 6.07) is 75.8. The van der Waals surface area contributed by atoms with Crippen molar-refractivity contribution in [3.8, 4) is 39.1 Å².